The van der Waals surface area contributed by atoms with Gasteiger partial charge in [0.2, 0.25) is 0 Å². The minimum atomic E-state index is -0.968. The van der Waals surface area contributed by atoms with Gasteiger partial charge in [-0.3, -0.25) is 0 Å². The van der Waals surface area contributed by atoms with Crippen LogP contribution in [0.15, 0.2) is 24.3 Å². The van der Waals surface area contributed by atoms with E-state index in [0.29, 0.717) is 12.4 Å². The van der Waals surface area contributed by atoms with Gasteiger partial charge in [-0.1, -0.05) is 6.07 Å². The molecule has 0 spiro atoms. The third kappa shape index (κ3) is 3.59. The van der Waals surface area contributed by atoms with Crippen molar-refractivity contribution in [2.75, 3.05) is 6.61 Å². The molecule has 0 bridgehead atoms. The summed E-state index contributed by atoms with van der Waals surface area (Å²) in [5.74, 6) is -0.472. The van der Waals surface area contributed by atoms with Gasteiger partial charge in [0.25, 0.3) is 0 Å². The molecule has 0 aliphatic rings. The molecule has 4 heteroatoms. The topological polar surface area (TPSA) is 55.8 Å². The zero-order valence-electron chi connectivity index (χ0n) is 8.77. The summed E-state index contributed by atoms with van der Waals surface area (Å²) in [6.07, 6.45) is -0.376. The number of ether oxygens (including phenoxy) is 2. The van der Waals surface area contributed by atoms with Crippen molar-refractivity contribution in [3.8, 4) is 5.75 Å². The van der Waals surface area contributed by atoms with E-state index in [2.05, 4.69) is 0 Å². The molecular formula is C11H14O4. The van der Waals surface area contributed by atoms with E-state index in [1.54, 1.807) is 19.1 Å². The molecule has 0 amide bonds. The zero-order valence-corrected chi connectivity index (χ0v) is 8.77. The fraction of sp³-hybridized carbons (Fsp3) is 0.364. The maximum Gasteiger partial charge on any atom is 0.335 e. The molecule has 15 heavy (non-hydrogen) atoms. The number of carboxylic acid groups (broad SMARTS) is 1. The smallest absolute Gasteiger partial charge is 0.335 e. The molecular weight excluding hydrogens is 196 g/mol. The number of rotatable bonds is 5. The fourth-order valence-electron chi connectivity index (χ4n) is 1.16. The Bertz CT molecular complexity index is 335. The van der Waals surface area contributed by atoms with Crippen LogP contribution in [-0.2, 0) is 4.74 Å². The van der Waals surface area contributed by atoms with Crippen molar-refractivity contribution in [3.05, 3.63) is 29.8 Å². The Balaban J connectivity index is 2.69. The number of aromatic carboxylic acids is 1. The predicted octanol–water partition coefficient (Wildman–Crippen LogP) is 2.15. The Morgan fingerprint density at radius 2 is 2.27 bits per heavy atom. The van der Waals surface area contributed by atoms with Gasteiger partial charge in [-0.05, 0) is 32.0 Å². The van der Waals surface area contributed by atoms with Crippen molar-refractivity contribution in [2.45, 2.75) is 20.1 Å². The Kier molecular flexibility index (Phi) is 4.12. The normalized spacial score (nSPS) is 12.1. The molecule has 1 aromatic carbocycles. The maximum atomic E-state index is 10.7. The molecule has 1 N–H and O–H groups in total. The Labute approximate surface area is 88.4 Å². The van der Waals surface area contributed by atoms with Gasteiger partial charge in [0.15, 0.2) is 6.29 Å². The van der Waals surface area contributed by atoms with Crippen LogP contribution in [0.3, 0.4) is 0 Å². The Hall–Kier alpha value is -1.55. The van der Waals surface area contributed by atoms with Gasteiger partial charge < -0.3 is 14.6 Å². The number of carbonyl (C=O) groups is 1. The summed E-state index contributed by atoms with van der Waals surface area (Å²) in [7, 11) is 0. The lowest BCUT2D eigenvalue weighted by Crippen LogP contribution is -2.16. The zero-order chi connectivity index (χ0) is 11.3. The first-order valence-corrected chi connectivity index (χ1v) is 4.75. The lowest BCUT2D eigenvalue weighted by Gasteiger charge is -2.14. The highest BCUT2D eigenvalue weighted by Gasteiger charge is 2.06. The second-order valence-corrected chi connectivity index (χ2v) is 2.97. The third-order valence-corrected chi connectivity index (χ3v) is 1.78. The van der Waals surface area contributed by atoms with Crippen molar-refractivity contribution in [1.82, 2.24) is 0 Å². The minimum Gasteiger partial charge on any atom is -0.478 e. The summed E-state index contributed by atoms with van der Waals surface area (Å²) in [4.78, 5) is 10.7. The molecule has 0 saturated carbocycles. The van der Waals surface area contributed by atoms with Crippen LogP contribution in [0.1, 0.15) is 24.2 Å². The molecule has 4 nitrogen and oxygen atoms in total. The van der Waals surface area contributed by atoms with Gasteiger partial charge in [-0.25, -0.2) is 4.79 Å². The van der Waals surface area contributed by atoms with Crippen molar-refractivity contribution in [3.63, 3.8) is 0 Å². The molecule has 1 aromatic rings. The quantitative estimate of drug-likeness (QED) is 0.756. The van der Waals surface area contributed by atoms with Gasteiger partial charge in [0, 0.05) is 6.61 Å². The van der Waals surface area contributed by atoms with Crippen LogP contribution in [0, 0.1) is 0 Å². The molecule has 1 atom stereocenters. The standard InChI is InChI=1S/C11H14O4/c1-3-14-8(2)15-10-6-4-5-9(7-10)11(12)13/h4-8H,3H2,1-2H3,(H,12,13). The second-order valence-electron chi connectivity index (χ2n) is 2.97. The van der Waals surface area contributed by atoms with Gasteiger partial charge in [-0.2, -0.15) is 0 Å². The van der Waals surface area contributed by atoms with Crippen LogP contribution in [0.5, 0.6) is 5.75 Å². The largest absolute Gasteiger partial charge is 0.478 e. The average Bonchev–Trinajstić information content (AvgIpc) is 2.18. The van der Waals surface area contributed by atoms with E-state index in [-0.39, 0.29) is 11.9 Å². The van der Waals surface area contributed by atoms with Crippen LogP contribution >= 0.6 is 0 Å². The SMILES string of the molecule is CCOC(C)Oc1cccc(C(=O)O)c1. The van der Waals surface area contributed by atoms with Crippen molar-refractivity contribution in [2.24, 2.45) is 0 Å². The molecule has 0 fully saturated rings. The number of hydrogen-bond donors (Lipinski definition) is 1. The molecule has 1 unspecified atom stereocenters. The number of hydrogen-bond acceptors (Lipinski definition) is 3. The summed E-state index contributed by atoms with van der Waals surface area (Å²) in [5.41, 5.74) is 0.205. The third-order valence-electron chi connectivity index (χ3n) is 1.78. The van der Waals surface area contributed by atoms with E-state index >= 15 is 0 Å². The molecule has 0 heterocycles. The fourth-order valence-corrected chi connectivity index (χ4v) is 1.16. The first-order chi connectivity index (χ1) is 7.13. The number of carboxylic acids is 1. The molecule has 0 radical (unpaired) electrons. The molecule has 0 saturated heterocycles. The van der Waals surface area contributed by atoms with Gasteiger partial charge >= 0.3 is 5.97 Å². The summed E-state index contributed by atoms with van der Waals surface area (Å²) >= 11 is 0. The lowest BCUT2D eigenvalue weighted by molar-refractivity contribution is -0.0613. The molecule has 0 aliphatic carbocycles. The van der Waals surface area contributed by atoms with Crippen molar-refractivity contribution in [1.29, 1.82) is 0 Å². The number of benzene rings is 1. The van der Waals surface area contributed by atoms with E-state index in [1.165, 1.54) is 12.1 Å². The van der Waals surface area contributed by atoms with Crippen LogP contribution < -0.4 is 4.74 Å². The monoisotopic (exact) mass is 210 g/mol. The Morgan fingerprint density at radius 3 is 2.87 bits per heavy atom. The highest BCUT2D eigenvalue weighted by Crippen LogP contribution is 2.15. The lowest BCUT2D eigenvalue weighted by atomic mass is 10.2. The van der Waals surface area contributed by atoms with E-state index in [9.17, 15) is 4.79 Å². The summed E-state index contributed by atoms with van der Waals surface area (Å²) < 4.78 is 10.5. The average molecular weight is 210 g/mol. The van der Waals surface area contributed by atoms with E-state index in [4.69, 9.17) is 14.6 Å². The summed E-state index contributed by atoms with van der Waals surface area (Å²) in [6, 6.07) is 6.32. The molecule has 0 aromatic heterocycles. The first-order valence-electron chi connectivity index (χ1n) is 4.75. The minimum absolute atomic E-state index is 0.205. The van der Waals surface area contributed by atoms with Gasteiger partial charge in [0.1, 0.15) is 5.75 Å². The summed E-state index contributed by atoms with van der Waals surface area (Å²) in [6.45, 7) is 4.18. The highest BCUT2D eigenvalue weighted by atomic mass is 16.7. The van der Waals surface area contributed by atoms with Crippen LogP contribution in [-0.4, -0.2) is 24.0 Å². The van der Waals surface area contributed by atoms with E-state index in [1.807, 2.05) is 6.92 Å². The molecule has 0 aliphatic heterocycles. The molecule has 1 rings (SSSR count). The van der Waals surface area contributed by atoms with Crippen molar-refractivity contribution >= 4 is 5.97 Å². The predicted molar refractivity (Wildman–Crippen MR) is 55.1 cm³/mol. The maximum absolute atomic E-state index is 10.7. The first kappa shape index (κ1) is 11.5. The second kappa shape index (κ2) is 5.36. The van der Waals surface area contributed by atoms with Crippen LogP contribution in [0.2, 0.25) is 0 Å². The molecule has 82 valence electrons. The highest BCUT2D eigenvalue weighted by molar-refractivity contribution is 5.87. The summed E-state index contributed by atoms with van der Waals surface area (Å²) in [5, 5.41) is 8.76. The van der Waals surface area contributed by atoms with Gasteiger partial charge in [0.05, 0.1) is 5.56 Å². The van der Waals surface area contributed by atoms with Crippen LogP contribution in [0.4, 0.5) is 0 Å². The van der Waals surface area contributed by atoms with E-state index < -0.39 is 5.97 Å². The van der Waals surface area contributed by atoms with Crippen LogP contribution in [0.25, 0.3) is 0 Å². The Morgan fingerprint density at radius 1 is 1.53 bits per heavy atom. The van der Waals surface area contributed by atoms with E-state index in [0.717, 1.165) is 0 Å². The van der Waals surface area contributed by atoms with Crippen molar-refractivity contribution < 1.29 is 19.4 Å². The van der Waals surface area contributed by atoms with Gasteiger partial charge in [-0.15, -0.1) is 0 Å².